The lowest BCUT2D eigenvalue weighted by Crippen LogP contribution is -2.30. The van der Waals surface area contributed by atoms with Gasteiger partial charge in [-0.05, 0) is 20.9 Å². The van der Waals surface area contributed by atoms with Crippen molar-refractivity contribution in [2.45, 2.75) is 11.0 Å². The van der Waals surface area contributed by atoms with Crippen LogP contribution in [0.5, 0.6) is 0 Å². The Morgan fingerprint density at radius 1 is 0.889 bits per heavy atom. The summed E-state index contributed by atoms with van der Waals surface area (Å²) in [5, 5.41) is 5.05. The van der Waals surface area contributed by atoms with E-state index in [4.69, 9.17) is 11.1 Å². The maximum atomic E-state index is 12.0. The number of halogens is 6. The van der Waals surface area contributed by atoms with Crippen molar-refractivity contribution in [2.75, 3.05) is 0 Å². The summed E-state index contributed by atoms with van der Waals surface area (Å²) in [6, 6.07) is 0. The zero-order valence-electron chi connectivity index (χ0n) is 7.79. The van der Waals surface area contributed by atoms with Crippen molar-refractivity contribution in [3.63, 3.8) is 0 Å². The number of azide groups is 1. The Bertz CT molecular complexity index is 335. The predicted octanol–water partition coefficient (Wildman–Crippen LogP) is 4.23. The Morgan fingerprint density at radius 2 is 1.22 bits per heavy atom. The van der Waals surface area contributed by atoms with E-state index in [0.29, 0.717) is 0 Å². The molecule has 0 aromatic heterocycles. The second-order valence-electron chi connectivity index (χ2n) is 2.12. The molecule has 0 fully saturated rings. The minimum Gasteiger partial charge on any atom is -0.210 e. The highest BCUT2D eigenvalue weighted by atomic mass is 32.2. The number of rotatable bonds is 5. The first-order valence-electron chi connectivity index (χ1n) is 3.48. The van der Waals surface area contributed by atoms with E-state index in [9.17, 15) is 26.3 Å². The normalized spacial score (nSPS) is 11.7. The molecular formula is C2BF6N7S2. The zero-order valence-corrected chi connectivity index (χ0v) is 9.43. The van der Waals surface area contributed by atoms with Crippen LogP contribution in [0.25, 0.3) is 20.9 Å². The molecule has 0 aliphatic rings. The van der Waals surface area contributed by atoms with Crippen molar-refractivity contribution in [1.82, 2.24) is 3.62 Å². The van der Waals surface area contributed by atoms with Crippen LogP contribution in [-0.2, 0) is 0 Å². The molecule has 0 unspecified atom stereocenters. The van der Waals surface area contributed by atoms with Crippen LogP contribution in [-0.4, -0.2) is 21.8 Å². The Labute approximate surface area is 104 Å². The fourth-order valence-corrected chi connectivity index (χ4v) is 1.94. The van der Waals surface area contributed by atoms with E-state index < -0.39 is 45.7 Å². The van der Waals surface area contributed by atoms with E-state index in [1.54, 1.807) is 0 Å². The average Bonchev–Trinajstić information content (AvgIpc) is 2.12. The summed E-state index contributed by atoms with van der Waals surface area (Å²) in [7, 11) is -2.32. The number of nitrogens with zero attached hydrogens (tertiary/aromatic N) is 7. The van der Waals surface area contributed by atoms with E-state index in [2.05, 4.69) is 10.1 Å². The first-order chi connectivity index (χ1) is 8.09. The second kappa shape index (κ2) is 6.75. The molecule has 0 saturated carbocycles. The number of hydrogen-bond donors (Lipinski definition) is 0. The minimum atomic E-state index is -5.08. The molecule has 16 heteroatoms. The van der Waals surface area contributed by atoms with Crippen molar-refractivity contribution in [2.24, 2.45) is 10.1 Å². The van der Waals surface area contributed by atoms with Gasteiger partial charge in [0.05, 0.1) is 0 Å². The van der Waals surface area contributed by atoms with E-state index in [0.717, 1.165) is 0 Å². The Hall–Kier alpha value is -1.08. The van der Waals surface area contributed by atoms with Crippen LogP contribution in [0.1, 0.15) is 0 Å². The molecule has 0 amide bonds. The summed E-state index contributed by atoms with van der Waals surface area (Å²) in [4.78, 5) is 3.99. The third kappa shape index (κ3) is 8.08. The van der Waals surface area contributed by atoms with Crippen LogP contribution in [0, 0.1) is 0 Å². The van der Waals surface area contributed by atoms with Crippen LogP contribution in [0.15, 0.2) is 10.1 Å². The van der Waals surface area contributed by atoms with Gasteiger partial charge < -0.3 is 0 Å². The summed E-state index contributed by atoms with van der Waals surface area (Å²) >= 11 is -2.47. The first-order valence-corrected chi connectivity index (χ1v) is 5.03. The Balaban J connectivity index is 5.15. The van der Waals surface area contributed by atoms with E-state index in [-0.39, 0.29) is 0 Å². The van der Waals surface area contributed by atoms with E-state index in [1.807, 2.05) is 9.82 Å². The van der Waals surface area contributed by atoms with Gasteiger partial charge >= 0.3 is 18.1 Å². The van der Waals surface area contributed by atoms with Crippen LogP contribution in [0.4, 0.5) is 26.3 Å². The fourth-order valence-electron chi connectivity index (χ4n) is 0.517. The highest BCUT2D eigenvalue weighted by Gasteiger charge is 2.43. The Morgan fingerprint density at radius 3 is 1.44 bits per heavy atom. The summed E-state index contributed by atoms with van der Waals surface area (Å²) in [5.41, 5.74) is 5.80. The van der Waals surface area contributed by atoms with Gasteiger partial charge in [-0.3, -0.25) is 0 Å². The summed E-state index contributed by atoms with van der Waals surface area (Å²) in [6.07, 6.45) is 0. The van der Waals surface area contributed by atoms with E-state index in [1.165, 1.54) is 0 Å². The molecule has 0 aliphatic heterocycles. The maximum absolute atomic E-state index is 12.0. The molecule has 0 radical (unpaired) electrons. The molecule has 0 saturated heterocycles. The topological polar surface area (TPSA) is 101 Å². The standard InChI is InChI=1S/C2BF6N7S2/c4-1(5,6)17-16(18-2(7,8)9)3(12-14-10)13-15-11. The lowest BCUT2D eigenvalue weighted by molar-refractivity contribution is -0.0369. The quantitative estimate of drug-likeness (QED) is 0.189. The highest BCUT2D eigenvalue weighted by Crippen LogP contribution is 2.44. The molecule has 18 heavy (non-hydrogen) atoms. The van der Waals surface area contributed by atoms with Gasteiger partial charge in [0.2, 0.25) is 0 Å². The molecule has 0 aromatic rings. The molecule has 0 atom stereocenters. The lowest BCUT2D eigenvalue weighted by atomic mass is 10.0. The Kier molecular flexibility index (Phi) is 6.35. The highest BCUT2D eigenvalue weighted by molar-refractivity contribution is 8.14. The van der Waals surface area contributed by atoms with Crippen LogP contribution < -0.4 is 0 Å². The average molecular weight is 311 g/mol. The van der Waals surface area contributed by atoms with Crippen molar-refractivity contribution in [1.29, 1.82) is 0 Å². The third-order valence-electron chi connectivity index (χ3n) is 0.885. The van der Waals surface area contributed by atoms with Gasteiger partial charge in [0.1, 0.15) is 0 Å². The van der Waals surface area contributed by atoms with Crippen molar-refractivity contribution >= 4 is 31.0 Å². The first kappa shape index (κ1) is 16.9. The lowest BCUT2D eigenvalue weighted by Gasteiger charge is -2.22. The summed E-state index contributed by atoms with van der Waals surface area (Å²) in [6.45, 7) is 0. The molecule has 7 nitrogen and oxygen atoms in total. The van der Waals surface area contributed by atoms with Crippen molar-refractivity contribution in [3.8, 4) is 0 Å². The third-order valence-corrected chi connectivity index (χ3v) is 2.48. The SMILES string of the molecule is [N-]=[N+]=NB(N=[N+]=[N-])N(SC(F)(F)F)SC(F)(F)F. The van der Waals surface area contributed by atoms with E-state index >= 15 is 0 Å². The zero-order chi connectivity index (χ0) is 14.4. The van der Waals surface area contributed by atoms with Crippen molar-refractivity contribution < 1.29 is 26.3 Å². The molecule has 0 bridgehead atoms. The van der Waals surface area contributed by atoms with Gasteiger partial charge in [-0.15, -0.1) is 10.1 Å². The van der Waals surface area contributed by atoms with Gasteiger partial charge in [0.25, 0.3) is 0 Å². The maximum Gasteiger partial charge on any atom is 0.456 e. The minimum absolute atomic E-state index is 0.501. The molecule has 0 spiro atoms. The molecular weight excluding hydrogens is 311 g/mol. The second-order valence-corrected chi connectivity index (χ2v) is 4.42. The summed E-state index contributed by atoms with van der Waals surface area (Å²) < 4.78 is 71.5. The molecule has 0 aromatic carbocycles. The van der Waals surface area contributed by atoms with Gasteiger partial charge in [0, 0.05) is 23.9 Å². The molecule has 0 N–H and O–H groups in total. The smallest absolute Gasteiger partial charge is 0.210 e. The predicted molar refractivity (Wildman–Crippen MR) is 53.2 cm³/mol. The van der Waals surface area contributed by atoms with Crippen LogP contribution in [0.2, 0.25) is 0 Å². The number of alkyl halides is 6. The van der Waals surface area contributed by atoms with Crippen LogP contribution in [0.3, 0.4) is 0 Å². The van der Waals surface area contributed by atoms with Gasteiger partial charge in [-0.2, -0.15) is 26.3 Å². The number of hydrogen-bond acceptors (Lipinski definition) is 5. The largest absolute Gasteiger partial charge is 0.456 e. The van der Waals surface area contributed by atoms with Crippen molar-refractivity contribution in [3.05, 3.63) is 20.9 Å². The van der Waals surface area contributed by atoms with Gasteiger partial charge in [-0.1, -0.05) is 0 Å². The summed E-state index contributed by atoms with van der Waals surface area (Å²) in [5.74, 6) is 0. The molecule has 0 rings (SSSR count). The molecule has 100 valence electrons. The van der Waals surface area contributed by atoms with Gasteiger partial charge in [0.15, 0.2) is 0 Å². The molecule has 0 heterocycles. The van der Waals surface area contributed by atoms with Gasteiger partial charge in [-0.25, -0.2) is 3.62 Å². The monoisotopic (exact) mass is 311 g/mol. The molecule has 0 aliphatic carbocycles. The fraction of sp³-hybridized carbons (Fsp3) is 1.00. The van der Waals surface area contributed by atoms with Crippen LogP contribution >= 0.6 is 23.9 Å².